The molecule has 2 rings (SSSR count). The predicted octanol–water partition coefficient (Wildman–Crippen LogP) is 2.05. The highest BCUT2D eigenvalue weighted by Gasteiger charge is 2.10. The maximum atomic E-state index is 5.62. The normalized spacial score (nSPS) is 14.4. The summed E-state index contributed by atoms with van der Waals surface area (Å²) in [5, 5.41) is 3.49. The van der Waals surface area contributed by atoms with Gasteiger partial charge in [0.15, 0.2) is 0 Å². The Balaban J connectivity index is 1.79. The zero-order valence-electron chi connectivity index (χ0n) is 11.5. The topological polar surface area (TPSA) is 24.5 Å². The minimum Gasteiger partial charge on any atom is -0.493 e. The lowest BCUT2D eigenvalue weighted by molar-refractivity contribution is 0.288. The number of nitrogens with one attached hydrogen (secondary N) is 1. The number of fused-ring (bicyclic) bond motifs is 1. The molecule has 1 aliphatic rings. The highest BCUT2D eigenvalue weighted by molar-refractivity contribution is 5.38. The van der Waals surface area contributed by atoms with Crippen LogP contribution < -0.4 is 10.1 Å². The van der Waals surface area contributed by atoms with Crippen molar-refractivity contribution in [2.75, 3.05) is 33.3 Å². The molecule has 0 aliphatic carbocycles. The van der Waals surface area contributed by atoms with Crippen LogP contribution in [-0.2, 0) is 13.0 Å². The Morgan fingerprint density at radius 1 is 1.39 bits per heavy atom. The maximum Gasteiger partial charge on any atom is 0.122 e. The fourth-order valence-corrected chi connectivity index (χ4v) is 2.18. The van der Waals surface area contributed by atoms with E-state index in [2.05, 4.69) is 42.4 Å². The van der Waals surface area contributed by atoms with Gasteiger partial charge in [-0.1, -0.05) is 19.1 Å². The summed E-state index contributed by atoms with van der Waals surface area (Å²) < 4.78 is 5.62. The minimum atomic E-state index is 0.869. The second kappa shape index (κ2) is 6.76. The van der Waals surface area contributed by atoms with E-state index < -0.39 is 0 Å². The molecule has 0 fully saturated rings. The Morgan fingerprint density at radius 2 is 2.28 bits per heavy atom. The number of ether oxygens (including phenoxy) is 1. The zero-order valence-corrected chi connectivity index (χ0v) is 11.5. The largest absolute Gasteiger partial charge is 0.493 e. The van der Waals surface area contributed by atoms with E-state index in [4.69, 9.17) is 4.74 Å². The third-order valence-corrected chi connectivity index (χ3v) is 3.51. The van der Waals surface area contributed by atoms with E-state index in [9.17, 15) is 0 Å². The molecular weight excluding hydrogens is 224 g/mol. The molecule has 1 N–H and O–H groups in total. The quantitative estimate of drug-likeness (QED) is 0.780. The Bertz CT molecular complexity index is 379. The Labute approximate surface area is 110 Å². The van der Waals surface area contributed by atoms with Crippen LogP contribution in [0.5, 0.6) is 5.75 Å². The lowest BCUT2D eigenvalue weighted by Gasteiger charge is -2.18. The van der Waals surface area contributed by atoms with Crippen molar-refractivity contribution >= 4 is 0 Å². The number of rotatable bonds is 6. The summed E-state index contributed by atoms with van der Waals surface area (Å²) in [6.07, 6.45) is 2.30. The molecule has 100 valence electrons. The summed E-state index contributed by atoms with van der Waals surface area (Å²) in [5.41, 5.74) is 2.73. The van der Waals surface area contributed by atoms with Crippen molar-refractivity contribution in [3.63, 3.8) is 0 Å². The molecule has 0 atom stereocenters. The smallest absolute Gasteiger partial charge is 0.122 e. The molecule has 1 aromatic carbocycles. The van der Waals surface area contributed by atoms with E-state index in [-0.39, 0.29) is 0 Å². The van der Waals surface area contributed by atoms with Gasteiger partial charge in [-0.2, -0.15) is 0 Å². The monoisotopic (exact) mass is 248 g/mol. The first-order valence-corrected chi connectivity index (χ1v) is 6.93. The minimum absolute atomic E-state index is 0.869. The predicted molar refractivity (Wildman–Crippen MR) is 75.1 cm³/mol. The highest BCUT2D eigenvalue weighted by Crippen LogP contribution is 2.25. The Morgan fingerprint density at radius 3 is 3.11 bits per heavy atom. The first-order chi connectivity index (χ1) is 8.79. The van der Waals surface area contributed by atoms with Crippen LogP contribution in [0.2, 0.25) is 0 Å². The van der Waals surface area contributed by atoms with Gasteiger partial charge < -0.3 is 15.0 Å². The fraction of sp³-hybridized carbons (Fsp3) is 0.600. The van der Waals surface area contributed by atoms with Gasteiger partial charge in [-0.25, -0.2) is 0 Å². The van der Waals surface area contributed by atoms with Crippen molar-refractivity contribution in [2.24, 2.45) is 0 Å². The molecule has 0 bridgehead atoms. The number of aryl methyl sites for hydroxylation is 1. The van der Waals surface area contributed by atoms with E-state index in [0.717, 1.165) is 51.4 Å². The van der Waals surface area contributed by atoms with Crippen LogP contribution in [-0.4, -0.2) is 38.2 Å². The molecule has 1 aromatic rings. The molecule has 3 heteroatoms. The average molecular weight is 248 g/mol. The van der Waals surface area contributed by atoms with Gasteiger partial charge in [0.2, 0.25) is 0 Å². The summed E-state index contributed by atoms with van der Waals surface area (Å²) in [6, 6.07) is 6.56. The SMILES string of the molecule is CCN(C)CCNCc1ccc2c(c1)CCCO2. The molecule has 0 radical (unpaired) electrons. The standard InChI is InChI=1S/C15H24N2O/c1-3-17(2)9-8-16-12-13-6-7-15-14(11-13)5-4-10-18-15/h6-7,11,16H,3-5,8-10,12H2,1-2H3. The fourth-order valence-electron chi connectivity index (χ4n) is 2.18. The van der Waals surface area contributed by atoms with Crippen molar-refractivity contribution in [2.45, 2.75) is 26.3 Å². The summed E-state index contributed by atoms with van der Waals surface area (Å²) in [7, 11) is 2.15. The van der Waals surface area contributed by atoms with Gasteiger partial charge in [0.1, 0.15) is 5.75 Å². The van der Waals surface area contributed by atoms with Crippen molar-refractivity contribution < 1.29 is 4.74 Å². The number of hydrogen-bond donors (Lipinski definition) is 1. The van der Waals surface area contributed by atoms with Crippen molar-refractivity contribution in [3.8, 4) is 5.75 Å². The molecule has 0 amide bonds. The van der Waals surface area contributed by atoms with Gasteiger partial charge >= 0.3 is 0 Å². The maximum absolute atomic E-state index is 5.62. The van der Waals surface area contributed by atoms with Crippen LogP contribution in [0.1, 0.15) is 24.5 Å². The van der Waals surface area contributed by atoms with Gasteiger partial charge in [-0.05, 0) is 43.6 Å². The summed E-state index contributed by atoms with van der Waals surface area (Å²) in [6.45, 7) is 7.25. The van der Waals surface area contributed by atoms with E-state index in [1.807, 2.05) is 0 Å². The van der Waals surface area contributed by atoms with Crippen LogP contribution in [0.4, 0.5) is 0 Å². The molecular formula is C15H24N2O. The Hall–Kier alpha value is -1.06. The number of likely N-dealkylation sites (N-methyl/N-ethyl adjacent to an activating group) is 1. The van der Waals surface area contributed by atoms with Gasteiger partial charge in [0, 0.05) is 19.6 Å². The van der Waals surface area contributed by atoms with Gasteiger partial charge in [0.05, 0.1) is 6.61 Å². The number of nitrogens with zero attached hydrogens (tertiary/aromatic N) is 1. The van der Waals surface area contributed by atoms with Crippen LogP contribution in [0.15, 0.2) is 18.2 Å². The molecule has 0 saturated heterocycles. The molecule has 1 heterocycles. The molecule has 18 heavy (non-hydrogen) atoms. The molecule has 1 aliphatic heterocycles. The lowest BCUT2D eigenvalue weighted by atomic mass is 10.0. The zero-order chi connectivity index (χ0) is 12.8. The van der Waals surface area contributed by atoms with E-state index in [1.165, 1.54) is 11.1 Å². The van der Waals surface area contributed by atoms with Crippen molar-refractivity contribution in [1.29, 1.82) is 0 Å². The first-order valence-electron chi connectivity index (χ1n) is 6.93. The van der Waals surface area contributed by atoms with Crippen LogP contribution >= 0.6 is 0 Å². The molecule has 0 aromatic heterocycles. The van der Waals surface area contributed by atoms with Gasteiger partial charge in [0.25, 0.3) is 0 Å². The number of benzene rings is 1. The van der Waals surface area contributed by atoms with Crippen LogP contribution in [0.25, 0.3) is 0 Å². The first kappa shape index (κ1) is 13.4. The molecule has 0 unspecified atom stereocenters. The highest BCUT2D eigenvalue weighted by atomic mass is 16.5. The summed E-state index contributed by atoms with van der Waals surface area (Å²) in [4.78, 5) is 2.31. The van der Waals surface area contributed by atoms with Crippen LogP contribution in [0.3, 0.4) is 0 Å². The number of hydrogen-bond acceptors (Lipinski definition) is 3. The lowest BCUT2D eigenvalue weighted by Crippen LogP contribution is -2.28. The third kappa shape index (κ3) is 3.72. The van der Waals surface area contributed by atoms with E-state index in [1.54, 1.807) is 0 Å². The Kier molecular flexibility index (Phi) is 5.02. The van der Waals surface area contributed by atoms with Gasteiger partial charge in [-0.15, -0.1) is 0 Å². The second-order valence-electron chi connectivity index (χ2n) is 4.97. The summed E-state index contributed by atoms with van der Waals surface area (Å²) >= 11 is 0. The third-order valence-electron chi connectivity index (χ3n) is 3.51. The molecule has 0 saturated carbocycles. The van der Waals surface area contributed by atoms with Crippen molar-refractivity contribution in [3.05, 3.63) is 29.3 Å². The van der Waals surface area contributed by atoms with E-state index >= 15 is 0 Å². The van der Waals surface area contributed by atoms with Crippen molar-refractivity contribution in [1.82, 2.24) is 10.2 Å². The van der Waals surface area contributed by atoms with Gasteiger partial charge in [-0.3, -0.25) is 0 Å². The average Bonchev–Trinajstić information content (AvgIpc) is 2.43. The summed E-state index contributed by atoms with van der Waals surface area (Å²) in [5.74, 6) is 1.08. The van der Waals surface area contributed by atoms with E-state index in [0.29, 0.717) is 0 Å². The molecule has 0 spiro atoms. The molecule has 3 nitrogen and oxygen atoms in total. The second-order valence-corrected chi connectivity index (χ2v) is 4.97. The van der Waals surface area contributed by atoms with Crippen LogP contribution in [0, 0.1) is 0 Å².